The predicted molar refractivity (Wildman–Crippen MR) is 131 cm³/mol. The summed E-state index contributed by atoms with van der Waals surface area (Å²) in [5, 5.41) is 9.23. The lowest BCUT2D eigenvalue weighted by atomic mass is 9.97. The minimum Gasteiger partial charge on any atom is -0.335 e. The van der Waals surface area contributed by atoms with Crippen LogP contribution in [-0.2, 0) is 4.79 Å². The molecule has 5 rings (SSSR count). The van der Waals surface area contributed by atoms with E-state index in [1.807, 2.05) is 36.6 Å². The topological polar surface area (TPSA) is 93.0 Å². The van der Waals surface area contributed by atoms with E-state index in [2.05, 4.69) is 20.4 Å². The third-order valence-corrected chi connectivity index (χ3v) is 6.79. The second kappa shape index (κ2) is 9.75. The van der Waals surface area contributed by atoms with Gasteiger partial charge in [0.15, 0.2) is 5.82 Å². The molecular weight excluding hydrogens is 467 g/mol. The smallest absolute Gasteiger partial charge is 0.293 e. The summed E-state index contributed by atoms with van der Waals surface area (Å²) in [6.45, 7) is 2.65. The van der Waals surface area contributed by atoms with Crippen molar-refractivity contribution in [3.05, 3.63) is 77.3 Å². The van der Waals surface area contributed by atoms with Crippen molar-refractivity contribution in [2.75, 3.05) is 18.4 Å². The summed E-state index contributed by atoms with van der Waals surface area (Å²) in [7, 11) is 0. The van der Waals surface area contributed by atoms with E-state index in [9.17, 15) is 14.0 Å². The summed E-state index contributed by atoms with van der Waals surface area (Å²) in [6.07, 6.45) is 2.99. The van der Waals surface area contributed by atoms with Crippen LogP contribution in [0.5, 0.6) is 0 Å². The van der Waals surface area contributed by atoms with Gasteiger partial charge in [-0.2, -0.15) is 0 Å². The molecule has 35 heavy (non-hydrogen) atoms. The number of thiophene rings is 1. The first kappa shape index (κ1) is 22.9. The number of nitrogens with one attached hydrogen (secondary N) is 1. The number of carbonyl (C=O) groups excluding carboxylic acids is 2. The summed E-state index contributed by atoms with van der Waals surface area (Å²) < 4.78 is 15.4. The lowest BCUT2D eigenvalue weighted by molar-refractivity contribution is -0.121. The maximum absolute atomic E-state index is 13.9. The molecule has 0 spiro atoms. The number of aryl methyl sites for hydroxylation is 1. The Morgan fingerprint density at radius 2 is 2.06 bits per heavy atom. The first-order chi connectivity index (χ1) is 17.0. The number of carbonyl (C=O) groups is 2. The maximum Gasteiger partial charge on any atom is 0.293 e. The van der Waals surface area contributed by atoms with Crippen LogP contribution in [0.15, 0.2) is 60.1 Å². The highest BCUT2D eigenvalue weighted by atomic mass is 32.1. The highest BCUT2D eigenvalue weighted by Gasteiger charge is 2.31. The highest BCUT2D eigenvalue weighted by Crippen LogP contribution is 2.27. The molecule has 0 saturated carbocycles. The van der Waals surface area contributed by atoms with E-state index in [-0.39, 0.29) is 30.1 Å². The molecule has 10 heteroatoms. The molecular formula is C25H23FN6O2S. The van der Waals surface area contributed by atoms with Gasteiger partial charge in [0.05, 0.1) is 16.5 Å². The molecule has 1 atom stereocenters. The van der Waals surface area contributed by atoms with E-state index < -0.39 is 5.82 Å². The fourth-order valence-corrected chi connectivity index (χ4v) is 4.81. The number of aromatic nitrogens is 4. The molecule has 2 amide bonds. The van der Waals surface area contributed by atoms with Crippen LogP contribution in [-0.4, -0.2) is 49.6 Å². The molecule has 0 radical (unpaired) electrons. The fraction of sp³-hybridized carbons (Fsp3) is 0.240. The third kappa shape index (κ3) is 4.83. The number of pyridine rings is 1. The molecule has 1 aromatic carbocycles. The van der Waals surface area contributed by atoms with Gasteiger partial charge in [-0.3, -0.25) is 9.59 Å². The number of nitrogens with zero attached hydrogens (tertiary/aromatic N) is 5. The van der Waals surface area contributed by atoms with E-state index in [1.165, 1.54) is 28.2 Å². The van der Waals surface area contributed by atoms with Crippen LogP contribution in [0.3, 0.4) is 0 Å². The number of likely N-dealkylation sites (tertiary alicyclic amines) is 1. The van der Waals surface area contributed by atoms with Crippen molar-refractivity contribution in [1.82, 2.24) is 24.6 Å². The third-order valence-electron chi connectivity index (χ3n) is 5.92. The first-order valence-corrected chi connectivity index (χ1v) is 12.2. The van der Waals surface area contributed by atoms with Crippen LogP contribution in [0.25, 0.3) is 16.4 Å². The molecule has 0 bridgehead atoms. The average Bonchev–Trinajstić information content (AvgIpc) is 3.55. The minimum absolute atomic E-state index is 0.0132. The van der Waals surface area contributed by atoms with E-state index in [0.717, 1.165) is 10.4 Å². The molecule has 8 nitrogen and oxygen atoms in total. The Labute approximate surface area is 205 Å². The van der Waals surface area contributed by atoms with Gasteiger partial charge in [-0.15, -0.1) is 16.4 Å². The van der Waals surface area contributed by atoms with Crippen LogP contribution >= 0.6 is 11.3 Å². The molecule has 1 fully saturated rings. The number of halogens is 1. The Bertz CT molecular complexity index is 1370. The quantitative estimate of drug-likeness (QED) is 0.450. The number of hydrogen-bond acceptors (Lipinski definition) is 6. The Kier molecular flexibility index (Phi) is 6.37. The number of amides is 2. The summed E-state index contributed by atoms with van der Waals surface area (Å²) in [5.41, 5.74) is 1.35. The molecule has 0 aliphatic carbocycles. The van der Waals surface area contributed by atoms with Gasteiger partial charge in [0.2, 0.25) is 11.7 Å². The van der Waals surface area contributed by atoms with Crippen molar-refractivity contribution in [2.24, 2.45) is 5.92 Å². The standard InChI is InChI=1S/C25H23FN6O2S/c1-16-6-3-11-27-21(16)29-24(33)17-7-4-12-31(15-17)25(34)22-28-23(20-10-5-13-35-20)32(30-22)19-9-2-8-18(26)14-19/h2-3,5-6,8-11,13-14,17H,4,7,12,15H2,1H3,(H,27,29,33). The van der Waals surface area contributed by atoms with Crippen molar-refractivity contribution in [3.63, 3.8) is 0 Å². The highest BCUT2D eigenvalue weighted by molar-refractivity contribution is 7.13. The van der Waals surface area contributed by atoms with Crippen molar-refractivity contribution in [1.29, 1.82) is 0 Å². The fourth-order valence-electron chi connectivity index (χ4n) is 4.11. The zero-order chi connectivity index (χ0) is 24.4. The van der Waals surface area contributed by atoms with Crippen molar-refractivity contribution < 1.29 is 14.0 Å². The predicted octanol–water partition coefficient (Wildman–Crippen LogP) is 4.33. The summed E-state index contributed by atoms with van der Waals surface area (Å²) in [5.74, 6) is -0.291. The van der Waals surface area contributed by atoms with Gasteiger partial charge in [0.25, 0.3) is 5.91 Å². The second-order valence-electron chi connectivity index (χ2n) is 8.38. The van der Waals surface area contributed by atoms with Crippen LogP contribution in [0.4, 0.5) is 10.2 Å². The molecule has 1 unspecified atom stereocenters. The Morgan fingerprint density at radius 3 is 2.83 bits per heavy atom. The Hall–Kier alpha value is -3.92. The lowest BCUT2D eigenvalue weighted by Gasteiger charge is -2.31. The van der Waals surface area contributed by atoms with Gasteiger partial charge in [-0.25, -0.2) is 19.0 Å². The van der Waals surface area contributed by atoms with Gasteiger partial charge in [0.1, 0.15) is 11.6 Å². The van der Waals surface area contributed by atoms with E-state index in [4.69, 9.17) is 0 Å². The summed E-state index contributed by atoms with van der Waals surface area (Å²) >= 11 is 1.46. The van der Waals surface area contributed by atoms with Gasteiger partial charge in [0, 0.05) is 19.3 Å². The van der Waals surface area contributed by atoms with E-state index >= 15 is 0 Å². The van der Waals surface area contributed by atoms with Gasteiger partial charge in [-0.05, 0) is 61.0 Å². The van der Waals surface area contributed by atoms with Gasteiger partial charge in [-0.1, -0.05) is 18.2 Å². The zero-order valence-electron chi connectivity index (χ0n) is 19.0. The molecule has 1 aliphatic rings. The Morgan fingerprint density at radius 1 is 1.17 bits per heavy atom. The number of benzene rings is 1. The van der Waals surface area contributed by atoms with Crippen molar-refractivity contribution >= 4 is 29.0 Å². The van der Waals surface area contributed by atoms with Crippen molar-refractivity contribution in [2.45, 2.75) is 19.8 Å². The average molecular weight is 491 g/mol. The molecule has 1 aliphatic heterocycles. The molecule has 1 saturated heterocycles. The Balaban J connectivity index is 1.38. The number of hydrogen-bond donors (Lipinski definition) is 1. The largest absolute Gasteiger partial charge is 0.335 e. The molecule has 4 heterocycles. The van der Waals surface area contributed by atoms with Gasteiger partial charge >= 0.3 is 0 Å². The monoisotopic (exact) mass is 490 g/mol. The second-order valence-corrected chi connectivity index (χ2v) is 9.32. The maximum atomic E-state index is 13.9. The van der Waals surface area contributed by atoms with Crippen molar-refractivity contribution in [3.8, 4) is 16.4 Å². The number of piperidine rings is 1. The van der Waals surface area contributed by atoms with Gasteiger partial charge < -0.3 is 10.2 Å². The zero-order valence-corrected chi connectivity index (χ0v) is 19.8. The summed E-state index contributed by atoms with van der Waals surface area (Å²) in [6, 6.07) is 13.4. The molecule has 1 N–H and O–H groups in total. The first-order valence-electron chi connectivity index (χ1n) is 11.3. The van der Waals surface area contributed by atoms with Crippen LogP contribution in [0.1, 0.15) is 29.0 Å². The number of rotatable bonds is 5. The minimum atomic E-state index is -0.406. The molecule has 4 aromatic rings. The van der Waals surface area contributed by atoms with E-state index in [1.54, 1.807) is 23.2 Å². The van der Waals surface area contributed by atoms with Crippen LogP contribution < -0.4 is 5.32 Å². The molecule has 3 aromatic heterocycles. The SMILES string of the molecule is Cc1cccnc1NC(=O)C1CCCN(C(=O)c2nc(-c3cccs3)n(-c3cccc(F)c3)n2)C1. The lowest BCUT2D eigenvalue weighted by Crippen LogP contribution is -2.44. The molecule has 178 valence electrons. The van der Waals surface area contributed by atoms with E-state index in [0.29, 0.717) is 36.7 Å². The van der Waals surface area contributed by atoms with Crippen LogP contribution in [0, 0.1) is 18.7 Å². The summed E-state index contributed by atoms with van der Waals surface area (Å²) in [4.78, 5) is 37.5. The van der Waals surface area contributed by atoms with Crippen LogP contribution in [0.2, 0.25) is 0 Å². The normalized spacial score (nSPS) is 15.7. The number of anilines is 1.